The highest BCUT2D eigenvalue weighted by Gasteiger charge is 2.60. The number of phenols is 1. The van der Waals surface area contributed by atoms with Gasteiger partial charge in [-0.2, -0.15) is 0 Å². The quantitative estimate of drug-likeness (QED) is 0.354. The van der Waals surface area contributed by atoms with E-state index in [1.807, 2.05) is 31.2 Å². The van der Waals surface area contributed by atoms with E-state index in [4.69, 9.17) is 9.15 Å². The molecule has 1 saturated heterocycles. The highest BCUT2D eigenvalue weighted by atomic mass is 16.6. The molecule has 1 aromatic carbocycles. The van der Waals surface area contributed by atoms with Gasteiger partial charge in [-0.3, -0.25) is 14.5 Å². The Hall–Kier alpha value is -3.32. The van der Waals surface area contributed by atoms with Crippen LogP contribution < -0.4 is 5.32 Å². The maximum atomic E-state index is 12.8. The second-order valence-electron chi connectivity index (χ2n) is 9.71. The zero-order valence-electron chi connectivity index (χ0n) is 20.5. The van der Waals surface area contributed by atoms with Crippen molar-refractivity contribution in [3.63, 3.8) is 0 Å². The third-order valence-electron chi connectivity index (χ3n) is 7.48. The number of nitrogens with zero attached hydrogens (tertiary/aromatic N) is 1. The molecule has 2 aromatic rings. The van der Waals surface area contributed by atoms with Crippen molar-refractivity contribution in [2.75, 3.05) is 19.6 Å². The lowest BCUT2D eigenvalue weighted by atomic mass is 9.55. The van der Waals surface area contributed by atoms with Crippen molar-refractivity contribution in [3.05, 3.63) is 72.2 Å². The van der Waals surface area contributed by atoms with Crippen molar-refractivity contribution >= 4 is 18.0 Å². The number of likely N-dealkylation sites (tertiary alicyclic amines) is 1. The number of piperidine rings is 1. The fourth-order valence-corrected chi connectivity index (χ4v) is 5.93. The Bertz CT molecular complexity index is 1120. The highest BCUT2D eigenvalue weighted by molar-refractivity contribution is 5.92. The van der Waals surface area contributed by atoms with Gasteiger partial charge in [0.15, 0.2) is 0 Å². The molecular weight excluding hydrogens is 444 g/mol. The number of amides is 1. The number of aryl methyl sites for hydroxylation is 1. The number of nitrogens with one attached hydrogen (secondary N) is 1. The van der Waals surface area contributed by atoms with E-state index < -0.39 is 11.0 Å². The minimum atomic E-state index is -0.765. The molecule has 1 saturated carbocycles. The Morgan fingerprint density at radius 1 is 1.34 bits per heavy atom. The number of hydrogen-bond donors (Lipinski definition) is 2. The van der Waals surface area contributed by atoms with Crippen LogP contribution in [0.25, 0.3) is 6.08 Å². The smallest absolute Gasteiger partial charge is 0.303 e. The van der Waals surface area contributed by atoms with E-state index in [0.717, 1.165) is 29.9 Å². The number of fused-ring (bicyclic) bond motifs is 1. The van der Waals surface area contributed by atoms with Gasteiger partial charge in [0.25, 0.3) is 0 Å². The third-order valence-corrected chi connectivity index (χ3v) is 7.48. The Morgan fingerprint density at radius 3 is 2.86 bits per heavy atom. The van der Waals surface area contributed by atoms with Crippen LogP contribution in [0.1, 0.15) is 49.5 Å². The van der Waals surface area contributed by atoms with Crippen LogP contribution in [0, 0.1) is 6.92 Å². The molecule has 186 valence electrons. The Balaban J connectivity index is 1.65. The number of esters is 1. The summed E-state index contributed by atoms with van der Waals surface area (Å²) >= 11 is 0. The summed E-state index contributed by atoms with van der Waals surface area (Å²) in [4.78, 5) is 27.4. The first kappa shape index (κ1) is 24.8. The van der Waals surface area contributed by atoms with E-state index in [0.29, 0.717) is 32.4 Å². The number of furan rings is 1. The maximum Gasteiger partial charge on any atom is 0.303 e. The number of benzene rings is 1. The molecule has 2 N–H and O–H groups in total. The molecular formula is C28H34N2O5. The molecule has 0 radical (unpaired) electrons. The summed E-state index contributed by atoms with van der Waals surface area (Å²) in [6.45, 7) is 9.26. The van der Waals surface area contributed by atoms with E-state index in [9.17, 15) is 14.7 Å². The van der Waals surface area contributed by atoms with Crippen molar-refractivity contribution in [1.82, 2.24) is 10.2 Å². The molecule has 4 rings (SSSR count). The fraction of sp³-hybridized carbons (Fsp3) is 0.429. The third kappa shape index (κ3) is 5.05. The van der Waals surface area contributed by atoms with Crippen LogP contribution in [0.5, 0.6) is 5.75 Å². The number of carbonyl (C=O) groups is 2. The molecule has 1 amide bonds. The lowest BCUT2D eigenvalue weighted by Gasteiger charge is -2.59. The van der Waals surface area contributed by atoms with Crippen molar-refractivity contribution in [3.8, 4) is 5.75 Å². The predicted octanol–water partition coefficient (Wildman–Crippen LogP) is 4.11. The average molecular weight is 479 g/mol. The summed E-state index contributed by atoms with van der Waals surface area (Å²) in [5.74, 6) is 0.431. The SMILES string of the molecule is C=CCN1CC[C@@]2(c3cccc(O)c3)C[C@H](NC(=O)/C=C/c3ccoc3C)CC[C@]2(OC(C)=O)C1. The fourth-order valence-electron chi connectivity index (χ4n) is 5.93. The lowest BCUT2D eigenvalue weighted by Crippen LogP contribution is -2.68. The van der Waals surface area contributed by atoms with Gasteiger partial charge in [-0.05, 0) is 69.0 Å². The van der Waals surface area contributed by atoms with Gasteiger partial charge in [-0.25, -0.2) is 0 Å². The van der Waals surface area contributed by atoms with Gasteiger partial charge in [0.2, 0.25) is 5.91 Å². The number of phenolic OH excluding ortho intramolecular Hbond substituents is 1. The van der Waals surface area contributed by atoms with Crippen molar-refractivity contribution in [2.45, 2.75) is 56.6 Å². The van der Waals surface area contributed by atoms with E-state index in [-0.39, 0.29) is 23.7 Å². The Labute approximate surface area is 206 Å². The molecule has 3 atom stereocenters. The molecule has 2 aliphatic rings. The molecule has 2 fully saturated rings. The van der Waals surface area contributed by atoms with Crippen LogP contribution in [0.3, 0.4) is 0 Å². The first-order valence-corrected chi connectivity index (χ1v) is 12.1. The monoisotopic (exact) mass is 478 g/mol. The number of carbonyl (C=O) groups excluding carboxylic acids is 2. The molecule has 1 aromatic heterocycles. The van der Waals surface area contributed by atoms with Crippen molar-refractivity contribution in [2.24, 2.45) is 0 Å². The first-order valence-electron chi connectivity index (χ1n) is 12.1. The molecule has 1 aliphatic carbocycles. The van der Waals surface area contributed by atoms with Gasteiger partial charge >= 0.3 is 5.97 Å². The van der Waals surface area contributed by atoms with Crippen molar-refractivity contribution < 1.29 is 23.8 Å². The zero-order valence-corrected chi connectivity index (χ0v) is 20.5. The zero-order chi connectivity index (χ0) is 25.1. The second kappa shape index (κ2) is 10.1. The normalized spacial score (nSPS) is 26.7. The van der Waals surface area contributed by atoms with Crippen LogP contribution in [-0.2, 0) is 19.7 Å². The van der Waals surface area contributed by atoms with E-state index in [2.05, 4.69) is 16.8 Å². The van der Waals surface area contributed by atoms with Gasteiger partial charge in [0.05, 0.1) is 6.26 Å². The minimum Gasteiger partial charge on any atom is -0.508 e. The van der Waals surface area contributed by atoms with E-state index >= 15 is 0 Å². The van der Waals surface area contributed by atoms with Crippen LogP contribution >= 0.6 is 0 Å². The van der Waals surface area contributed by atoms with Crippen LogP contribution in [0.2, 0.25) is 0 Å². The van der Waals surface area contributed by atoms with Gasteiger partial charge in [-0.1, -0.05) is 18.2 Å². The van der Waals surface area contributed by atoms with E-state index in [1.165, 1.54) is 13.0 Å². The summed E-state index contributed by atoms with van der Waals surface area (Å²) < 4.78 is 11.5. The number of ether oxygens (including phenoxy) is 1. The van der Waals surface area contributed by atoms with Crippen LogP contribution in [0.4, 0.5) is 0 Å². The van der Waals surface area contributed by atoms with Gasteiger partial charge in [-0.15, -0.1) is 6.58 Å². The summed E-state index contributed by atoms with van der Waals surface area (Å²) in [6.07, 6.45) is 9.36. The van der Waals surface area contributed by atoms with Crippen LogP contribution in [-0.4, -0.2) is 53.2 Å². The maximum absolute atomic E-state index is 12.8. The molecule has 7 nitrogen and oxygen atoms in total. The summed E-state index contributed by atoms with van der Waals surface area (Å²) in [7, 11) is 0. The lowest BCUT2D eigenvalue weighted by molar-refractivity contribution is -0.186. The number of aromatic hydroxyl groups is 1. The summed E-state index contributed by atoms with van der Waals surface area (Å²) in [6, 6.07) is 8.95. The molecule has 7 heteroatoms. The minimum absolute atomic E-state index is 0.102. The number of rotatable bonds is 7. The molecule has 35 heavy (non-hydrogen) atoms. The van der Waals surface area contributed by atoms with Gasteiger partial charge in [0, 0.05) is 43.1 Å². The van der Waals surface area contributed by atoms with Gasteiger partial charge < -0.3 is 19.6 Å². The van der Waals surface area contributed by atoms with E-state index in [1.54, 1.807) is 24.5 Å². The van der Waals surface area contributed by atoms with Crippen LogP contribution in [0.15, 0.2) is 59.7 Å². The largest absolute Gasteiger partial charge is 0.508 e. The standard InChI is InChI=1S/C28H34N2O5/c1-4-14-30-15-13-27(23-6-5-7-25(32)17-23)18-24(10-12-28(27,19-30)35-21(3)31)29-26(33)9-8-22-11-16-34-20(22)2/h4-9,11,16-17,24,32H,1,10,12-15,18-19H2,2-3H3,(H,29,33)/b9-8+/t24-,27+,28+/m1/s1. The second-order valence-corrected chi connectivity index (χ2v) is 9.71. The molecule has 0 bridgehead atoms. The summed E-state index contributed by atoms with van der Waals surface area (Å²) in [5, 5.41) is 13.5. The summed E-state index contributed by atoms with van der Waals surface area (Å²) in [5.41, 5.74) is 0.485. The Morgan fingerprint density at radius 2 is 2.17 bits per heavy atom. The van der Waals surface area contributed by atoms with Gasteiger partial charge in [0.1, 0.15) is 17.1 Å². The topological polar surface area (TPSA) is 92.0 Å². The predicted molar refractivity (Wildman–Crippen MR) is 134 cm³/mol. The molecule has 0 unspecified atom stereocenters. The molecule has 0 spiro atoms. The average Bonchev–Trinajstić information content (AvgIpc) is 3.22. The molecule has 2 heterocycles. The van der Waals surface area contributed by atoms with Crippen molar-refractivity contribution in [1.29, 1.82) is 0 Å². The Kier molecular flexibility index (Phi) is 7.17. The first-order chi connectivity index (χ1) is 16.8. The number of hydrogen-bond acceptors (Lipinski definition) is 6. The molecule has 1 aliphatic heterocycles. The highest BCUT2D eigenvalue weighted by Crippen LogP contribution is 2.54.